The minimum absolute atomic E-state index is 0.334. The van der Waals surface area contributed by atoms with Crippen molar-refractivity contribution in [3.8, 4) is 0 Å². The Morgan fingerprint density at radius 2 is 1.58 bits per heavy atom. The molecule has 0 fully saturated rings. The minimum atomic E-state index is -0.910. The number of rotatable bonds is 9. The smallest absolute Gasteiger partial charge is 0.337 e. The molecular formula is C40H45N3O5. The predicted molar refractivity (Wildman–Crippen MR) is 189 cm³/mol. The molecule has 48 heavy (non-hydrogen) atoms. The van der Waals surface area contributed by atoms with Gasteiger partial charge in [-0.2, -0.15) is 0 Å². The summed E-state index contributed by atoms with van der Waals surface area (Å²) < 4.78 is 2.18. The number of aromatic nitrogens is 2. The summed E-state index contributed by atoms with van der Waals surface area (Å²) >= 11 is 0. The van der Waals surface area contributed by atoms with Gasteiger partial charge in [0, 0.05) is 34.3 Å². The Morgan fingerprint density at radius 1 is 0.875 bits per heavy atom. The number of para-hydroxylation sites is 2. The Labute approximate surface area is 281 Å². The van der Waals surface area contributed by atoms with Crippen LogP contribution >= 0.6 is 0 Å². The SMILES string of the molecule is CC1CCc2c([nH]c3c(C(=O)O)cccc23)C1.CCCCCC1CCc2c(n(Cc3cccc(C(N)=O)c3)c3c(C(=O)O)cccc23)C1. The van der Waals surface area contributed by atoms with Crippen LogP contribution in [0.3, 0.4) is 0 Å². The molecule has 2 aliphatic rings. The second kappa shape index (κ2) is 14.1. The van der Waals surface area contributed by atoms with Crippen LogP contribution in [0.25, 0.3) is 21.8 Å². The number of nitrogens with one attached hydrogen (secondary N) is 1. The molecule has 2 aliphatic carbocycles. The van der Waals surface area contributed by atoms with Crippen molar-refractivity contribution in [2.24, 2.45) is 17.6 Å². The van der Waals surface area contributed by atoms with Crippen molar-refractivity contribution in [2.75, 3.05) is 0 Å². The highest BCUT2D eigenvalue weighted by Gasteiger charge is 2.28. The Balaban J connectivity index is 0.000000198. The maximum Gasteiger partial charge on any atom is 0.337 e. The third kappa shape index (κ3) is 6.61. The Bertz CT molecular complexity index is 2000. The molecule has 0 radical (unpaired) electrons. The van der Waals surface area contributed by atoms with Crippen LogP contribution in [0.5, 0.6) is 0 Å². The first-order chi connectivity index (χ1) is 23.2. The molecule has 8 heteroatoms. The lowest BCUT2D eigenvalue weighted by Gasteiger charge is -2.24. The number of carbonyl (C=O) groups excluding carboxylic acids is 1. The highest BCUT2D eigenvalue weighted by Crippen LogP contribution is 2.38. The fraction of sp³-hybridized carbons (Fsp3) is 0.375. The quantitative estimate of drug-likeness (QED) is 0.120. The maximum absolute atomic E-state index is 12.0. The summed E-state index contributed by atoms with van der Waals surface area (Å²) in [5.41, 5.74) is 14.3. The van der Waals surface area contributed by atoms with Gasteiger partial charge in [0.05, 0.1) is 22.2 Å². The molecule has 0 aliphatic heterocycles. The van der Waals surface area contributed by atoms with Gasteiger partial charge < -0.3 is 25.5 Å². The third-order valence-corrected chi connectivity index (χ3v) is 10.3. The number of benzene rings is 3. The normalized spacial score (nSPS) is 17.0. The van der Waals surface area contributed by atoms with Crippen LogP contribution in [0.4, 0.5) is 0 Å². The van der Waals surface area contributed by atoms with Crippen LogP contribution in [0.2, 0.25) is 0 Å². The van der Waals surface area contributed by atoms with Gasteiger partial charge in [-0.3, -0.25) is 4.79 Å². The van der Waals surface area contributed by atoms with E-state index in [-0.39, 0.29) is 0 Å². The fourth-order valence-electron chi connectivity index (χ4n) is 7.86. The van der Waals surface area contributed by atoms with E-state index in [1.807, 2.05) is 42.5 Å². The molecule has 3 aromatic carbocycles. The van der Waals surface area contributed by atoms with E-state index in [0.29, 0.717) is 35.1 Å². The first kappa shape index (κ1) is 33.1. The monoisotopic (exact) mass is 647 g/mol. The summed E-state index contributed by atoms with van der Waals surface area (Å²) in [7, 11) is 0. The van der Waals surface area contributed by atoms with Gasteiger partial charge in [-0.25, -0.2) is 9.59 Å². The highest BCUT2D eigenvalue weighted by atomic mass is 16.4. The summed E-state index contributed by atoms with van der Waals surface area (Å²) in [4.78, 5) is 38.2. The van der Waals surface area contributed by atoms with Crippen LogP contribution < -0.4 is 5.73 Å². The molecule has 2 aromatic heterocycles. The zero-order valence-electron chi connectivity index (χ0n) is 27.9. The molecule has 0 spiro atoms. The van der Waals surface area contributed by atoms with Crippen molar-refractivity contribution < 1.29 is 24.6 Å². The zero-order chi connectivity index (χ0) is 33.9. The van der Waals surface area contributed by atoms with Crippen molar-refractivity contribution in [3.05, 3.63) is 105 Å². The molecule has 7 rings (SSSR count). The second-order valence-corrected chi connectivity index (χ2v) is 13.7. The van der Waals surface area contributed by atoms with E-state index in [4.69, 9.17) is 5.73 Å². The fourth-order valence-corrected chi connectivity index (χ4v) is 7.86. The van der Waals surface area contributed by atoms with Crippen LogP contribution in [-0.4, -0.2) is 37.6 Å². The van der Waals surface area contributed by atoms with E-state index in [1.165, 1.54) is 54.6 Å². The van der Waals surface area contributed by atoms with Crippen molar-refractivity contribution in [2.45, 2.75) is 84.6 Å². The Hall–Kier alpha value is -4.85. The van der Waals surface area contributed by atoms with E-state index < -0.39 is 17.8 Å². The number of unbranched alkanes of at least 4 members (excludes halogenated alkanes) is 2. The van der Waals surface area contributed by atoms with Gasteiger partial charge in [-0.05, 0) is 91.3 Å². The van der Waals surface area contributed by atoms with E-state index >= 15 is 0 Å². The van der Waals surface area contributed by atoms with Gasteiger partial charge in [0.25, 0.3) is 0 Å². The molecule has 0 saturated heterocycles. The van der Waals surface area contributed by atoms with Crippen LogP contribution in [0.15, 0.2) is 60.7 Å². The number of H-pyrrole nitrogens is 1. The predicted octanol–water partition coefficient (Wildman–Crippen LogP) is 8.16. The van der Waals surface area contributed by atoms with Gasteiger partial charge >= 0.3 is 11.9 Å². The zero-order valence-corrected chi connectivity index (χ0v) is 27.9. The molecule has 5 N–H and O–H groups in total. The van der Waals surface area contributed by atoms with Crippen molar-refractivity contribution in [1.29, 1.82) is 0 Å². The summed E-state index contributed by atoms with van der Waals surface area (Å²) in [6.07, 6.45) is 11.3. The third-order valence-electron chi connectivity index (χ3n) is 10.3. The van der Waals surface area contributed by atoms with E-state index in [1.54, 1.807) is 18.2 Å². The van der Waals surface area contributed by atoms with Gasteiger partial charge in [0.1, 0.15) is 0 Å². The molecular weight excluding hydrogens is 602 g/mol. The minimum Gasteiger partial charge on any atom is -0.478 e. The van der Waals surface area contributed by atoms with Crippen LogP contribution in [0.1, 0.15) is 112 Å². The molecule has 8 nitrogen and oxygen atoms in total. The number of amides is 1. The summed E-state index contributed by atoms with van der Waals surface area (Å²) in [5, 5.41) is 21.2. The number of carbonyl (C=O) groups is 3. The second-order valence-electron chi connectivity index (χ2n) is 13.7. The number of aryl methyl sites for hydroxylation is 2. The molecule has 5 aromatic rings. The lowest BCUT2D eigenvalue weighted by Crippen LogP contribution is -2.18. The van der Waals surface area contributed by atoms with Gasteiger partial charge in [-0.1, -0.05) is 75.9 Å². The number of nitrogens with zero attached hydrogens (tertiary/aromatic N) is 1. The molecule has 0 bridgehead atoms. The van der Waals surface area contributed by atoms with Crippen molar-refractivity contribution in [1.82, 2.24) is 9.55 Å². The number of aromatic carboxylic acids is 2. The largest absolute Gasteiger partial charge is 0.478 e. The van der Waals surface area contributed by atoms with Crippen molar-refractivity contribution in [3.63, 3.8) is 0 Å². The number of aromatic amines is 1. The molecule has 250 valence electrons. The average molecular weight is 648 g/mol. The lowest BCUT2D eigenvalue weighted by atomic mass is 9.83. The Kier molecular flexibility index (Phi) is 9.71. The molecule has 2 unspecified atom stereocenters. The average Bonchev–Trinajstić information content (AvgIpc) is 3.59. The lowest BCUT2D eigenvalue weighted by molar-refractivity contribution is 0.0687. The van der Waals surface area contributed by atoms with Crippen LogP contribution in [-0.2, 0) is 32.2 Å². The number of hydrogen-bond acceptors (Lipinski definition) is 3. The molecule has 0 saturated carbocycles. The molecule has 2 heterocycles. The topological polar surface area (TPSA) is 138 Å². The molecule has 2 atom stereocenters. The number of fused-ring (bicyclic) bond motifs is 6. The summed E-state index contributed by atoms with van der Waals surface area (Å²) in [6.45, 7) is 5.00. The number of nitrogens with two attached hydrogens (primary N) is 1. The van der Waals surface area contributed by atoms with E-state index in [9.17, 15) is 24.6 Å². The van der Waals surface area contributed by atoms with E-state index in [0.717, 1.165) is 59.5 Å². The first-order valence-corrected chi connectivity index (χ1v) is 17.3. The van der Waals surface area contributed by atoms with Gasteiger partial charge in [0.2, 0.25) is 5.91 Å². The standard InChI is InChI=1S/C26H30N2O3.C14H15NO2/c1-2-3-4-7-17-12-13-20-21-10-6-11-22(26(30)31)24(21)28(23(20)15-17)16-18-8-5-9-19(14-18)25(27)29;1-8-5-6-9-10-3-2-4-11(14(16)17)13(10)15-12(9)7-8/h5-6,8-11,14,17H,2-4,7,12-13,15-16H2,1H3,(H2,27,29)(H,30,31);2-4,8,15H,5-7H2,1H3,(H,16,17). The van der Waals surface area contributed by atoms with Gasteiger partial charge in [-0.15, -0.1) is 0 Å². The number of primary amides is 1. The summed E-state index contributed by atoms with van der Waals surface area (Å²) in [5.74, 6) is -0.908. The first-order valence-electron chi connectivity index (χ1n) is 17.3. The summed E-state index contributed by atoms with van der Waals surface area (Å²) in [6, 6.07) is 18.4. The number of hydrogen-bond donors (Lipinski definition) is 4. The van der Waals surface area contributed by atoms with E-state index in [2.05, 4.69) is 23.4 Å². The maximum atomic E-state index is 12.0. The van der Waals surface area contributed by atoms with Crippen molar-refractivity contribution >= 4 is 39.7 Å². The van der Waals surface area contributed by atoms with Crippen LogP contribution in [0, 0.1) is 11.8 Å². The number of carboxylic acids is 2. The highest BCUT2D eigenvalue weighted by molar-refractivity contribution is 6.04. The molecule has 1 amide bonds. The number of carboxylic acid groups (broad SMARTS) is 2. The van der Waals surface area contributed by atoms with Gasteiger partial charge in [0.15, 0.2) is 0 Å². The Morgan fingerprint density at radius 3 is 2.31 bits per heavy atom.